The lowest BCUT2D eigenvalue weighted by Crippen LogP contribution is -2.58. The van der Waals surface area contributed by atoms with Gasteiger partial charge in [0.05, 0.1) is 0 Å². The Balaban J connectivity index is 3.36. The summed E-state index contributed by atoms with van der Waals surface area (Å²) >= 11 is 0. The number of benzene rings is 1. The third kappa shape index (κ3) is 14.7. The van der Waals surface area contributed by atoms with Crippen LogP contribution < -0.4 is 21.3 Å². The lowest BCUT2D eigenvalue weighted by Gasteiger charge is -2.30. The quantitative estimate of drug-likeness (QED) is 0.145. The first-order chi connectivity index (χ1) is 22.1. The zero-order valence-corrected chi connectivity index (χ0v) is 29.5. The van der Waals surface area contributed by atoms with Crippen LogP contribution in [0.2, 0.25) is 0 Å². The molecule has 0 unspecified atom stereocenters. The molecule has 0 aliphatic rings. The molecule has 0 aromatic heterocycles. The lowest BCUT2D eigenvalue weighted by molar-refractivity contribution is -0.157. The Hall–Kier alpha value is -3.80. The predicted molar refractivity (Wildman–Crippen MR) is 179 cm³/mol. The first kappa shape index (κ1) is 41.2. The van der Waals surface area contributed by atoms with Crippen molar-refractivity contribution in [1.82, 2.24) is 21.3 Å². The van der Waals surface area contributed by atoms with Crippen LogP contribution in [0.25, 0.3) is 0 Å². The van der Waals surface area contributed by atoms with Gasteiger partial charge in [0, 0.05) is 31.7 Å². The van der Waals surface area contributed by atoms with Gasteiger partial charge in [-0.1, -0.05) is 78.3 Å². The Kier molecular flexibility index (Phi) is 18.5. The van der Waals surface area contributed by atoms with Crippen molar-refractivity contribution in [2.45, 2.75) is 111 Å². The van der Waals surface area contributed by atoms with E-state index >= 15 is 0 Å². The van der Waals surface area contributed by atoms with E-state index in [-0.39, 0.29) is 61.7 Å². The van der Waals surface area contributed by atoms with E-state index in [0.29, 0.717) is 6.42 Å². The van der Waals surface area contributed by atoms with Gasteiger partial charge in [-0.05, 0) is 44.2 Å². The Labute approximate surface area is 279 Å². The third-order valence-corrected chi connectivity index (χ3v) is 8.12. The van der Waals surface area contributed by atoms with Crippen LogP contribution in [0.3, 0.4) is 0 Å². The molecule has 1 aromatic carbocycles. The SMILES string of the molecule is CC[C@H](C)[C@H](NC)C(=O)O[C@H](C)[C@H](NC(=O)[C@H](CCC(=O)NC)CC(=O)C(C)C)C(=O)N[C@@H](CC(C)C)C(=O)OCc1ccccc1. The molecule has 4 N–H and O–H groups in total. The zero-order chi connectivity index (χ0) is 35.7. The minimum Gasteiger partial charge on any atom is -0.459 e. The summed E-state index contributed by atoms with van der Waals surface area (Å²) in [6.07, 6.45) is -0.308. The van der Waals surface area contributed by atoms with Gasteiger partial charge in [-0.25, -0.2) is 4.79 Å². The maximum absolute atomic E-state index is 13.9. The van der Waals surface area contributed by atoms with Crippen molar-refractivity contribution < 1.29 is 38.2 Å². The number of Topliss-reactive ketones (excluding diaryl/α,β-unsaturated/α-hetero) is 1. The number of ketones is 1. The molecule has 264 valence electrons. The van der Waals surface area contributed by atoms with E-state index in [9.17, 15) is 28.8 Å². The summed E-state index contributed by atoms with van der Waals surface area (Å²) in [4.78, 5) is 78.6. The van der Waals surface area contributed by atoms with Crippen LogP contribution in [0.1, 0.15) is 86.1 Å². The van der Waals surface area contributed by atoms with E-state index in [1.165, 1.54) is 14.0 Å². The molecular weight excluding hydrogens is 604 g/mol. The molecule has 1 aromatic rings. The molecule has 0 radical (unpaired) electrons. The largest absolute Gasteiger partial charge is 0.459 e. The Bertz CT molecular complexity index is 1170. The second-order valence-corrected chi connectivity index (χ2v) is 12.8. The first-order valence-electron chi connectivity index (χ1n) is 16.6. The van der Waals surface area contributed by atoms with Gasteiger partial charge in [-0.3, -0.25) is 24.0 Å². The highest BCUT2D eigenvalue weighted by Crippen LogP contribution is 2.18. The minimum atomic E-state index is -1.42. The number of carbonyl (C=O) groups is 6. The maximum Gasteiger partial charge on any atom is 0.328 e. The predicted octanol–water partition coefficient (Wildman–Crippen LogP) is 3.07. The number of carbonyl (C=O) groups excluding carboxylic acids is 6. The highest BCUT2D eigenvalue weighted by molar-refractivity contribution is 5.94. The van der Waals surface area contributed by atoms with Gasteiger partial charge >= 0.3 is 11.9 Å². The second kappa shape index (κ2) is 21.1. The Morgan fingerprint density at radius 1 is 0.809 bits per heavy atom. The van der Waals surface area contributed by atoms with E-state index < -0.39 is 53.9 Å². The molecule has 0 saturated carbocycles. The fourth-order valence-electron chi connectivity index (χ4n) is 4.87. The topological polar surface area (TPSA) is 169 Å². The molecule has 12 nitrogen and oxygen atoms in total. The van der Waals surface area contributed by atoms with Gasteiger partial charge in [0.1, 0.15) is 36.6 Å². The van der Waals surface area contributed by atoms with Crippen molar-refractivity contribution in [2.24, 2.45) is 23.7 Å². The maximum atomic E-state index is 13.9. The van der Waals surface area contributed by atoms with Gasteiger partial charge in [-0.2, -0.15) is 0 Å². The molecule has 0 saturated heterocycles. The van der Waals surface area contributed by atoms with Crippen LogP contribution in [0, 0.1) is 23.7 Å². The van der Waals surface area contributed by atoms with Crippen molar-refractivity contribution in [1.29, 1.82) is 0 Å². The summed E-state index contributed by atoms with van der Waals surface area (Å²) in [5.74, 6) is -4.48. The van der Waals surface area contributed by atoms with E-state index in [2.05, 4.69) is 21.3 Å². The standard InChI is InChI=1S/C35H56N4O8/c1-10-23(6)30(37-9)35(45)47-24(7)31(39-32(42)26(16-17-29(41)36-8)19-28(40)22(4)5)33(43)38-27(18-21(2)3)34(44)46-20-25-14-12-11-13-15-25/h11-15,21-24,26-27,30-31,37H,10,16-20H2,1-9H3,(H,36,41)(H,38,43)(H,39,42)/t23-,24+,26+,27-,30-,31-/m0/s1. The number of amides is 3. The van der Waals surface area contributed by atoms with Crippen LogP contribution in [-0.2, 0) is 44.8 Å². The summed E-state index contributed by atoms with van der Waals surface area (Å²) in [6, 6.07) is 5.98. The fraction of sp³-hybridized carbons (Fsp3) is 0.657. The molecule has 47 heavy (non-hydrogen) atoms. The molecule has 0 fully saturated rings. The number of esters is 2. The number of nitrogens with one attached hydrogen (secondary N) is 4. The molecule has 12 heteroatoms. The molecule has 0 spiro atoms. The molecule has 0 bridgehead atoms. The van der Waals surface area contributed by atoms with Crippen LogP contribution >= 0.6 is 0 Å². The average Bonchev–Trinajstić information content (AvgIpc) is 3.03. The fourth-order valence-corrected chi connectivity index (χ4v) is 4.87. The average molecular weight is 661 g/mol. The number of likely N-dealkylation sites (N-methyl/N-ethyl adjacent to an activating group) is 1. The van der Waals surface area contributed by atoms with Crippen LogP contribution in [0.15, 0.2) is 30.3 Å². The van der Waals surface area contributed by atoms with Crippen LogP contribution in [0.5, 0.6) is 0 Å². The summed E-state index contributed by atoms with van der Waals surface area (Å²) in [7, 11) is 3.11. The number of ether oxygens (including phenoxy) is 2. The van der Waals surface area contributed by atoms with Crippen molar-refractivity contribution in [3.63, 3.8) is 0 Å². The molecule has 1 rings (SSSR count). The summed E-state index contributed by atoms with van der Waals surface area (Å²) in [6.45, 7) is 12.5. The molecule has 0 heterocycles. The highest BCUT2D eigenvalue weighted by atomic mass is 16.5. The van der Waals surface area contributed by atoms with Gasteiger partial charge in [0.25, 0.3) is 0 Å². The monoisotopic (exact) mass is 660 g/mol. The first-order valence-corrected chi connectivity index (χ1v) is 16.6. The van der Waals surface area contributed by atoms with Crippen LogP contribution in [-0.4, -0.2) is 73.8 Å². The van der Waals surface area contributed by atoms with Gasteiger partial charge < -0.3 is 30.7 Å². The number of hydrogen-bond donors (Lipinski definition) is 4. The Morgan fingerprint density at radius 3 is 1.98 bits per heavy atom. The van der Waals surface area contributed by atoms with Crippen molar-refractivity contribution in [3.8, 4) is 0 Å². The van der Waals surface area contributed by atoms with Crippen molar-refractivity contribution in [2.75, 3.05) is 14.1 Å². The molecule has 6 atom stereocenters. The number of rotatable bonds is 21. The minimum absolute atomic E-state index is 0.00377. The van der Waals surface area contributed by atoms with Gasteiger partial charge in [0.2, 0.25) is 17.7 Å². The summed E-state index contributed by atoms with van der Waals surface area (Å²) in [5, 5.41) is 10.8. The van der Waals surface area contributed by atoms with E-state index in [0.717, 1.165) is 5.56 Å². The summed E-state index contributed by atoms with van der Waals surface area (Å²) in [5.41, 5.74) is 0.778. The smallest absolute Gasteiger partial charge is 0.328 e. The normalized spacial score (nSPS) is 15.0. The zero-order valence-electron chi connectivity index (χ0n) is 29.5. The molecule has 0 aliphatic heterocycles. The Morgan fingerprint density at radius 2 is 1.45 bits per heavy atom. The van der Waals surface area contributed by atoms with Crippen LogP contribution in [0.4, 0.5) is 0 Å². The van der Waals surface area contributed by atoms with E-state index in [4.69, 9.17) is 9.47 Å². The van der Waals surface area contributed by atoms with Crippen molar-refractivity contribution >= 4 is 35.4 Å². The molecule has 3 amide bonds. The molecule has 0 aliphatic carbocycles. The molecular formula is C35H56N4O8. The summed E-state index contributed by atoms with van der Waals surface area (Å²) < 4.78 is 11.3. The lowest BCUT2D eigenvalue weighted by atomic mass is 9.91. The highest BCUT2D eigenvalue weighted by Gasteiger charge is 2.37. The van der Waals surface area contributed by atoms with Gasteiger partial charge in [-0.15, -0.1) is 0 Å². The van der Waals surface area contributed by atoms with E-state index in [1.807, 2.05) is 58.0 Å². The van der Waals surface area contributed by atoms with E-state index in [1.54, 1.807) is 20.9 Å². The third-order valence-electron chi connectivity index (χ3n) is 8.12. The second-order valence-electron chi connectivity index (χ2n) is 12.8. The van der Waals surface area contributed by atoms with Crippen molar-refractivity contribution in [3.05, 3.63) is 35.9 Å². The number of hydrogen-bond acceptors (Lipinski definition) is 9. The van der Waals surface area contributed by atoms with Gasteiger partial charge in [0.15, 0.2) is 0 Å².